The number of benzene rings is 2. The minimum absolute atomic E-state index is 0.0436. The Morgan fingerprint density at radius 2 is 1.27 bits per heavy atom. The highest BCUT2D eigenvalue weighted by Gasteiger charge is 2.31. The molecule has 2 N–H and O–H groups in total. The van der Waals surface area contributed by atoms with Crippen LogP contribution in [0.1, 0.15) is 41.0 Å². The molecule has 0 fully saturated rings. The molecule has 0 radical (unpaired) electrons. The van der Waals surface area contributed by atoms with Gasteiger partial charge in [-0.15, -0.1) is 0 Å². The zero-order chi connectivity index (χ0) is 22.1. The van der Waals surface area contributed by atoms with E-state index in [1.807, 2.05) is 13.8 Å². The van der Waals surface area contributed by atoms with E-state index >= 15 is 0 Å². The molecule has 30 heavy (non-hydrogen) atoms. The number of rotatable bonds is 9. The monoisotopic (exact) mass is 445 g/mol. The van der Waals surface area contributed by atoms with Gasteiger partial charge in [0.2, 0.25) is 16.1 Å². The van der Waals surface area contributed by atoms with Crippen LogP contribution in [0, 0.1) is 5.92 Å². The molecule has 8 heteroatoms. The van der Waals surface area contributed by atoms with Gasteiger partial charge in [0.15, 0.2) is 0 Å². The second-order valence-electron chi connectivity index (χ2n) is 6.90. The molecule has 0 saturated heterocycles. The molecular weight excluding hydrogens is 422 g/mol. The van der Waals surface area contributed by atoms with Crippen LogP contribution in [0.4, 0.5) is 0 Å². The number of aliphatic carboxylic acids is 1. The SMILES string of the molecule is CC(C)C[C@H](NC(=O)C(SC(=O)c1ccccc1)SC(=O)c1ccccc1)C(=O)O. The van der Waals surface area contributed by atoms with E-state index < -0.39 is 22.5 Å². The third kappa shape index (κ3) is 7.35. The van der Waals surface area contributed by atoms with Crippen molar-refractivity contribution >= 4 is 45.6 Å². The van der Waals surface area contributed by atoms with Crippen LogP contribution >= 0.6 is 23.5 Å². The van der Waals surface area contributed by atoms with Gasteiger partial charge in [0.05, 0.1) is 0 Å². The number of carbonyl (C=O) groups is 4. The fourth-order valence-electron chi connectivity index (χ4n) is 2.54. The predicted octanol–water partition coefficient (Wildman–Crippen LogP) is 4.08. The minimum atomic E-state index is -1.16. The lowest BCUT2D eigenvalue weighted by Gasteiger charge is -2.20. The Bertz CT molecular complexity index is 833. The number of thioether (sulfide) groups is 2. The summed E-state index contributed by atoms with van der Waals surface area (Å²) in [5.74, 6) is -1.79. The normalized spacial score (nSPS) is 11.9. The fraction of sp³-hybridized carbons (Fsp3) is 0.273. The van der Waals surface area contributed by atoms with E-state index in [0.29, 0.717) is 34.7 Å². The van der Waals surface area contributed by atoms with Crippen molar-refractivity contribution in [3.8, 4) is 0 Å². The third-order valence-electron chi connectivity index (χ3n) is 3.98. The molecule has 2 rings (SSSR count). The molecule has 0 heterocycles. The van der Waals surface area contributed by atoms with Gasteiger partial charge in [-0.1, -0.05) is 98.0 Å². The highest BCUT2D eigenvalue weighted by Crippen LogP contribution is 2.30. The third-order valence-corrected chi connectivity index (χ3v) is 6.32. The number of carboxylic acids is 1. The molecule has 0 spiro atoms. The summed E-state index contributed by atoms with van der Waals surface area (Å²) in [5.41, 5.74) is 0.787. The van der Waals surface area contributed by atoms with Crippen molar-refractivity contribution in [3.63, 3.8) is 0 Å². The van der Waals surface area contributed by atoms with Crippen LogP contribution in [-0.2, 0) is 9.59 Å². The summed E-state index contributed by atoms with van der Waals surface area (Å²) < 4.78 is -1.13. The first-order valence-corrected chi connectivity index (χ1v) is 11.1. The lowest BCUT2D eigenvalue weighted by atomic mass is 10.0. The fourth-order valence-corrected chi connectivity index (χ4v) is 4.54. The van der Waals surface area contributed by atoms with Gasteiger partial charge in [-0.2, -0.15) is 0 Å². The average Bonchev–Trinajstić information content (AvgIpc) is 2.73. The number of carboxylic acid groups (broad SMARTS) is 1. The lowest BCUT2D eigenvalue weighted by molar-refractivity contribution is -0.142. The van der Waals surface area contributed by atoms with E-state index in [2.05, 4.69) is 5.32 Å². The Labute approximate surface area is 183 Å². The highest BCUT2D eigenvalue weighted by molar-refractivity contribution is 8.31. The zero-order valence-corrected chi connectivity index (χ0v) is 18.2. The summed E-state index contributed by atoms with van der Waals surface area (Å²) in [6.45, 7) is 3.70. The summed E-state index contributed by atoms with van der Waals surface area (Å²) in [5, 5.41) is 11.1. The number of nitrogens with one attached hydrogen (secondary N) is 1. The van der Waals surface area contributed by atoms with Gasteiger partial charge in [0, 0.05) is 11.1 Å². The van der Waals surface area contributed by atoms with Crippen molar-refractivity contribution in [3.05, 3.63) is 71.8 Å². The van der Waals surface area contributed by atoms with Crippen LogP contribution in [0.15, 0.2) is 60.7 Å². The van der Waals surface area contributed by atoms with E-state index in [0.717, 1.165) is 0 Å². The molecule has 6 nitrogen and oxygen atoms in total. The highest BCUT2D eigenvalue weighted by atomic mass is 32.2. The molecule has 158 valence electrons. The van der Waals surface area contributed by atoms with Crippen LogP contribution in [0.5, 0.6) is 0 Å². The van der Waals surface area contributed by atoms with Crippen molar-refractivity contribution in [2.45, 2.75) is 30.9 Å². The first-order chi connectivity index (χ1) is 14.3. The van der Waals surface area contributed by atoms with E-state index in [1.165, 1.54) is 0 Å². The van der Waals surface area contributed by atoms with E-state index in [-0.39, 0.29) is 22.6 Å². The molecular formula is C22H23NO5S2. The zero-order valence-electron chi connectivity index (χ0n) is 16.6. The first-order valence-electron chi connectivity index (χ1n) is 9.33. The molecule has 2 aromatic carbocycles. The molecule has 1 amide bonds. The van der Waals surface area contributed by atoms with Crippen molar-refractivity contribution < 1.29 is 24.3 Å². The van der Waals surface area contributed by atoms with Gasteiger partial charge in [-0.05, 0) is 12.3 Å². The molecule has 0 aliphatic carbocycles. The maximum absolute atomic E-state index is 12.9. The molecule has 0 aromatic heterocycles. The van der Waals surface area contributed by atoms with Crippen LogP contribution in [-0.4, -0.2) is 37.8 Å². The lowest BCUT2D eigenvalue weighted by Crippen LogP contribution is -2.45. The summed E-state index contributed by atoms with van der Waals surface area (Å²) in [7, 11) is 0. The molecule has 0 unspecified atom stereocenters. The Morgan fingerprint density at radius 3 is 1.63 bits per heavy atom. The van der Waals surface area contributed by atoms with E-state index in [1.54, 1.807) is 60.7 Å². The number of amides is 1. The second kappa shape index (κ2) is 11.6. The molecule has 0 bridgehead atoms. The molecule has 2 aromatic rings. The van der Waals surface area contributed by atoms with Crippen LogP contribution in [0.3, 0.4) is 0 Å². The Balaban J connectivity index is 2.20. The Hall–Kier alpha value is -2.58. The Kier molecular flexibility index (Phi) is 9.14. The van der Waals surface area contributed by atoms with Crippen LogP contribution < -0.4 is 5.32 Å². The minimum Gasteiger partial charge on any atom is -0.480 e. The van der Waals surface area contributed by atoms with Gasteiger partial charge in [0.25, 0.3) is 0 Å². The second-order valence-corrected chi connectivity index (χ2v) is 9.36. The maximum atomic E-state index is 12.9. The van der Waals surface area contributed by atoms with Crippen molar-refractivity contribution in [2.24, 2.45) is 5.92 Å². The number of carbonyl (C=O) groups excluding carboxylic acids is 3. The Morgan fingerprint density at radius 1 is 0.833 bits per heavy atom. The average molecular weight is 446 g/mol. The van der Waals surface area contributed by atoms with Gasteiger partial charge >= 0.3 is 5.97 Å². The smallest absolute Gasteiger partial charge is 0.326 e. The van der Waals surface area contributed by atoms with Crippen LogP contribution in [0.25, 0.3) is 0 Å². The van der Waals surface area contributed by atoms with Crippen molar-refractivity contribution in [2.75, 3.05) is 0 Å². The summed E-state index contributed by atoms with van der Waals surface area (Å²) >= 11 is 1.40. The summed E-state index contributed by atoms with van der Waals surface area (Å²) in [4.78, 5) is 49.6. The quantitative estimate of drug-likeness (QED) is 0.561. The largest absolute Gasteiger partial charge is 0.480 e. The summed E-state index contributed by atoms with van der Waals surface area (Å²) in [6.07, 6.45) is 0.238. The van der Waals surface area contributed by atoms with Crippen molar-refractivity contribution in [1.29, 1.82) is 0 Å². The molecule has 0 aliphatic rings. The van der Waals surface area contributed by atoms with Crippen LogP contribution in [0.2, 0.25) is 0 Å². The van der Waals surface area contributed by atoms with Gasteiger partial charge in [0.1, 0.15) is 10.6 Å². The molecule has 0 saturated carbocycles. The van der Waals surface area contributed by atoms with Gasteiger partial charge in [-0.3, -0.25) is 14.4 Å². The van der Waals surface area contributed by atoms with Crippen molar-refractivity contribution in [1.82, 2.24) is 5.32 Å². The maximum Gasteiger partial charge on any atom is 0.326 e. The van der Waals surface area contributed by atoms with Gasteiger partial charge in [-0.25, -0.2) is 4.79 Å². The topological polar surface area (TPSA) is 101 Å². The van der Waals surface area contributed by atoms with Gasteiger partial charge < -0.3 is 10.4 Å². The summed E-state index contributed by atoms with van der Waals surface area (Å²) in [6, 6.07) is 15.7. The number of hydrogen-bond donors (Lipinski definition) is 2. The predicted molar refractivity (Wildman–Crippen MR) is 120 cm³/mol. The number of hydrogen-bond acceptors (Lipinski definition) is 6. The van der Waals surface area contributed by atoms with E-state index in [9.17, 15) is 24.3 Å². The van der Waals surface area contributed by atoms with E-state index in [4.69, 9.17) is 0 Å². The molecule has 0 aliphatic heterocycles. The first kappa shape index (κ1) is 23.7. The molecule has 1 atom stereocenters. The standard InChI is InChI=1S/C22H23NO5S2/c1-14(2)13-17(19(25)26)23-18(24)22(29-20(27)15-9-5-3-6-10-15)30-21(28)16-11-7-4-8-12-16/h3-12,14,17,22H,13H2,1-2H3,(H,23,24)(H,25,26)/t17-/m0/s1.